The molecule has 0 spiro atoms. The number of fused-ring (bicyclic) bond motifs is 5. The van der Waals surface area contributed by atoms with E-state index in [1.807, 2.05) is 0 Å². The number of allylic oxidation sites excluding steroid dienone is 2. The third kappa shape index (κ3) is 1.80. The van der Waals surface area contributed by atoms with Gasteiger partial charge in [0, 0.05) is 5.57 Å². The molecule has 5 nitrogen and oxygen atoms in total. The Bertz CT molecular complexity index is 506. The minimum atomic E-state index is -0.494. The molecule has 20 heavy (non-hydrogen) atoms. The summed E-state index contributed by atoms with van der Waals surface area (Å²) in [5.74, 6) is -0.657. The van der Waals surface area contributed by atoms with Crippen molar-refractivity contribution in [1.82, 2.24) is 4.90 Å². The van der Waals surface area contributed by atoms with E-state index in [-0.39, 0.29) is 48.6 Å². The second-order valence-corrected chi connectivity index (χ2v) is 5.74. The molecule has 1 saturated carbocycles. The Morgan fingerprint density at radius 1 is 1.30 bits per heavy atom. The Hall–Kier alpha value is -1.91. The number of rotatable bonds is 4. The van der Waals surface area contributed by atoms with E-state index < -0.39 is 5.97 Å². The Kier molecular flexibility index (Phi) is 3.00. The SMILES string of the molecule is C=C(C)C(=O)OCCN1C(=O)C2C(C1=O)[C@H]1C=C[C@@H]2C1. The van der Waals surface area contributed by atoms with Gasteiger partial charge in [-0.2, -0.15) is 0 Å². The second-order valence-electron chi connectivity index (χ2n) is 5.74. The van der Waals surface area contributed by atoms with Crippen molar-refractivity contribution in [2.24, 2.45) is 23.7 Å². The van der Waals surface area contributed by atoms with E-state index in [4.69, 9.17) is 4.74 Å². The first-order chi connectivity index (χ1) is 9.50. The van der Waals surface area contributed by atoms with Crippen molar-refractivity contribution in [2.45, 2.75) is 13.3 Å². The van der Waals surface area contributed by atoms with Gasteiger partial charge in [0.05, 0.1) is 18.4 Å². The van der Waals surface area contributed by atoms with Crippen molar-refractivity contribution >= 4 is 17.8 Å². The summed E-state index contributed by atoms with van der Waals surface area (Å²) < 4.78 is 4.95. The summed E-state index contributed by atoms with van der Waals surface area (Å²) in [4.78, 5) is 37.1. The number of likely N-dealkylation sites (tertiary alicyclic amines) is 1. The third-order valence-electron chi connectivity index (χ3n) is 4.46. The monoisotopic (exact) mass is 275 g/mol. The van der Waals surface area contributed by atoms with Crippen LogP contribution in [-0.2, 0) is 19.1 Å². The van der Waals surface area contributed by atoms with E-state index in [9.17, 15) is 14.4 Å². The van der Waals surface area contributed by atoms with Crippen LogP contribution in [0.15, 0.2) is 24.3 Å². The lowest BCUT2D eigenvalue weighted by Gasteiger charge is -2.17. The summed E-state index contributed by atoms with van der Waals surface area (Å²) in [5, 5.41) is 0. The smallest absolute Gasteiger partial charge is 0.333 e. The van der Waals surface area contributed by atoms with E-state index in [2.05, 4.69) is 18.7 Å². The maximum absolute atomic E-state index is 12.3. The van der Waals surface area contributed by atoms with Gasteiger partial charge in [-0.15, -0.1) is 0 Å². The second kappa shape index (κ2) is 4.58. The highest BCUT2D eigenvalue weighted by Crippen LogP contribution is 2.52. The van der Waals surface area contributed by atoms with Gasteiger partial charge in [0.25, 0.3) is 0 Å². The fourth-order valence-electron chi connectivity index (χ4n) is 3.54. The van der Waals surface area contributed by atoms with Gasteiger partial charge in [0.15, 0.2) is 0 Å². The quantitative estimate of drug-likeness (QED) is 0.331. The minimum absolute atomic E-state index is 0.0331. The number of amides is 2. The van der Waals surface area contributed by atoms with E-state index >= 15 is 0 Å². The van der Waals surface area contributed by atoms with Gasteiger partial charge < -0.3 is 4.74 Å². The zero-order chi connectivity index (χ0) is 14.4. The Balaban J connectivity index is 1.62. The summed E-state index contributed by atoms with van der Waals surface area (Å²) in [5.41, 5.74) is 0.309. The summed E-state index contributed by atoms with van der Waals surface area (Å²) in [7, 11) is 0. The van der Waals surface area contributed by atoms with E-state index in [1.165, 1.54) is 4.90 Å². The molecule has 4 atom stereocenters. The first kappa shape index (κ1) is 13.1. The molecule has 0 aromatic heterocycles. The molecule has 2 bridgehead atoms. The van der Waals surface area contributed by atoms with Gasteiger partial charge in [0.2, 0.25) is 11.8 Å². The number of hydrogen-bond acceptors (Lipinski definition) is 4. The van der Waals surface area contributed by atoms with Crippen LogP contribution in [0.4, 0.5) is 0 Å². The standard InChI is InChI=1S/C15H17NO4/c1-8(2)15(19)20-6-5-16-13(17)11-9-3-4-10(7-9)12(11)14(16)18/h3-4,9-12H,1,5-7H2,2H3/t9-,10+,11?,12?. The molecular weight excluding hydrogens is 258 g/mol. The van der Waals surface area contributed by atoms with Crippen LogP contribution in [-0.4, -0.2) is 35.8 Å². The molecule has 0 radical (unpaired) electrons. The van der Waals surface area contributed by atoms with E-state index in [0.29, 0.717) is 5.57 Å². The summed E-state index contributed by atoms with van der Waals surface area (Å²) in [6.45, 7) is 5.21. The van der Waals surface area contributed by atoms with Gasteiger partial charge in [0.1, 0.15) is 6.61 Å². The molecule has 3 aliphatic rings. The van der Waals surface area contributed by atoms with Crippen LogP contribution in [0.1, 0.15) is 13.3 Å². The predicted molar refractivity (Wildman–Crippen MR) is 70.2 cm³/mol. The molecule has 2 amide bonds. The third-order valence-corrected chi connectivity index (χ3v) is 4.46. The lowest BCUT2D eigenvalue weighted by Crippen LogP contribution is -2.36. The fraction of sp³-hybridized carbons (Fsp3) is 0.533. The van der Waals surface area contributed by atoms with Crippen molar-refractivity contribution in [2.75, 3.05) is 13.2 Å². The molecule has 2 fully saturated rings. The van der Waals surface area contributed by atoms with Gasteiger partial charge in [-0.05, 0) is 25.2 Å². The summed E-state index contributed by atoms with van der Waals surface area (Å²) in [6.07, 6.45) is 5.04. The average molecular weight is 275 g/mol. The Morgan fingerprint density at radius 3 is 2.35 bits per heavy atom. The number of carbonyl (C=O) groups excluding carboxylic acids is 3. The van der Waals surface area contributed by atoms with Crippen LogP contribution >= 0.6 is 0 Å². The number of esters is 1. The van der Waals surface area contributed by atoms with Crippen LogP contribution in [0, 0.1) is 23.7 Å². The molecule has 2 aliphatic carbocycles. The molecule has 106 valence electrons. The molecular formula is C15H17NO4. The first-order valence-corrected chi connectivity index (χ1v) is 6.87. The molecule has 1 heterocycles. The van der Waals surface area contributed by atoms with Crippen LogP contribution in [0.2, 0.25) is 0 Å². The van der Waals surface area contributed by atoms with Crippen molar-refractivity contribution < 1.29 is 19.1 Å². The van der Waals surface area contributed by atoms with Crippen LogP contribution in [0.3, 0.4) is 0 Å². The number of carbonyl (C=O) groups is 3. The van der Waals surface area contributed by atoms with Gasteiger partial charge in [-0.3, -0.25) is 14.5 Å². The predicted octanol–water partition coefficient (Wildman–Crippen LogP) is 0.913. The Morgan fingerprint density at radius 2 is 1.85 bits per heavy atom. The highest BCUT2D eigenvalue weighted by atomic mass is 16.5. The van der Waals surface area contributed by atoms with Gasteiger partial charge in [-0.1, -0.05) is 18.7 Å². The van der Waals surface area contributed by atoms with Gasteiger partial charge >= 0.3 is 5.97 Å². The van der Waals surface area contributed by atoms with E-state index in [1.54, 1.807) is 6.92 Å². The van der Waals surface area contributed by atoms with Crippen LogP contribution in [0.5, 0.6) is 0 Å². The molecule has 0 aromatic carbocycles. The summed E-state index contributed by atoms with van der Waals surface area (Å²) in [6, 6.07) is 0. The van der Waals surface area contributed by atoms with Crippen LogP contribution in [0.25, 0.3) is 0 Å². The normalized spacial score (nSPS) is 33.8. The number of imide groups is 1. The zero-order valence-electron chi connectivity index (χ0n) is 11.4. The molecule has 5 heteroatoms. The maximum Gasteiger partial charge on any atom is 0.333 e. The molecule has 0 N–H and O–H groups in total. The van der Waals surface area contributed by atoms with Crippen molar-refractivity contribution in [3.8, 4) is 0 Å². The highest BCUT2D eigenvalue weighted by Gasteiger charge is 2.58. The van der Waals surface area contributed by atoms with Crippen molar-refractivity contribution in [3.05, 3.63) is 24.3 Å². The Labute approximate surface area is 117 Å². The van der Waals surface area contributed by atoms with Crippen LogP contribution < -0.4 is 0 Å². The summed E-state index contributed by atoms with van der Waals surface area (Å²) >= 11 is 0. The fourth-order valence-corrected chi connectivity index (χ4v) is 3.54. The maximum atomic E-state index is 12.3. The van der Waals surface area contributed by atoms with Crippen molar-refractivity contribution in [3.63, 3.8) is 0 Å². The zero-order valence-corrected chi connectivity index (χ0v) is 11.4. The average Bonchev–Trinajstić information content (AvgIpc) is 3.07. The van der Waals surface area contributed by atoms with E-state index in [0.717, 1.165) is 6.42 Å². The molecule has 3 rings (SSSR count). The minimum Gasteiger partial charge on any atom is -0.460 e. The number of ether oxygens (including phenoxy) is 1. The lowest BCUT2D eigenvalue weighted by molar-refractivity contribution is -0.146. The lowest BCUT2D eigenvalue weighted by atomic mass is 9.85. The molecule has 1 saturated heterocycles. The largest absolute Gasteiger partial charge is 0.460 e. The van der Waals surface area contributed by atoms with Crippen molar-refractivity contribution in [1.29, 1.82) is 0 Å². The molecule has 0 aromatic rings. The first-order valence-electron chi connectivity index (χ1n) is 6.87. The number of nitrogens with zero attached hydrogens (tertiary/aromatic N) is 1. The van der Waals surface area contributed by atoms with Gasteiger partial charge in [-0.25, -0.2) is 4.79 Å². The molecule has 1 aliphatic heterocycles. The number of hydrogen-bond donors (Lipinski definition) is 0. The highest BCUT2D eigenvalue weighted by molar-refractivity contribution is 6.06. The topological polar surface area (TPSA) is 63.7 Å². The molecule has 2 unspecified atom stereocenters.